The van der Waals surface area contributed by atoms with Gasteiger partial charge in [0.1, 0.15) is 17.2 Å². The number of halogens is 1. The molecular formula is C25H23BrN2O3. The zero-order valence-electron chi connectivity index (χ0n) is 17.4. The fraction of sp³-hybridized carbons (Fsp3) is 0.240. The molecule has 158 valence electrons. The molecule has 2 aliphatic heterocycles. The standard InChI is InChI=1S/C25H23BrN2O3/c1-3-30-18-11-8-16(9-12-18)21-15-22-19-6-4-5-7-23(19)31-25(28(22)27-21)17-10-13-24(29-2)20(26)14-17/h4-14,22,25H,3,15H2,1-2H3/t22-,25+/m0/s1. The number of fused-ring (bicyclic) bond motifs is 3. The summed E-state index contributed by atoms with van der Waals surface area (Å²) in [6.07, 6.45) is 0.504. The Hall–Kier alpha value is -2.99. The monoisotopic (exact) mass is 478 g/mol. The van der Waals surface area contributed by atoms with Crippen molar-refractivity contribution in [2.24, 2.45) is 5.10 Å². The van der Waals surface area contributed by atoms with Crippen LogP contribution in [0.3, 0.4) is 0 Å². The zero-order chi connectivity index (χ0) is 21.4. The van der Waals surface area contributed by atoms with Crippen LogP contribution in [0.2, 0.25) is 0 Å². The summed E-state index contributed by atoms with van der Waals surface area (Å²) in [6, 6.07) is 22.5. The van der Waals surface area contributed by atoms with Gasteiger partial charge in [-0.1, -0.05) is 18.2 Å². The fourth-order valence-electron chi connectivity index (χ4n) is 4.18. The van der Waals surface area contributed by atoms with Gasteiger partial charge in [-0.25, -0.2) is 5.01 Å². The van der Waals surface area contributed by atoms with Crippen LogP contribution >= 0.6 is 15.9 Å². The maximum Gasteiger partial charge on any atom is 0.213 e. The van der Waals surface area contributed by atoms with Crippen LogP contribution in [-0.2, 0) is 0 Å². The molecule has 31 heavy (non-hydrogen) atoms. The van der Waals surface area contributed by atoms with Crippen molar-refractivity contribution in [1.82, 2.24) is 5.01 Å². The van der Waals surface area contributed by atoms with E-state index in [1.54, 1.807) is 7.11 Å². The lowest BCUT2D eigenvalue weighted by atomic mass is 9.96. The maximum absolute atomic E-state index is 6.43. The van der Waals surface area contributed by atoms with Gasteiger partial charge in [0, 0.05) is 17.5 Å². The third-order valence-corrected chi connectivity index (χ3v) is 6.28. The van der Waals surface area contributed by atoms with Gasteiger partial charge in [-0.2, -0.15) is 5.10 Å². The van der Waals surface area contributed by atoms with Crippen LogP contribution in [-0.4, -0.2) is 24.4 Å². The third-order valence-electron chi connectivity index (χ3n) is 5.66. The van der Waals surface area contributed by atoms with E-state index in [4.69, 9.17) is 19.3 Å². The second-order valence-corrected chi connectivity index (χ2v) is 8.36. The van der Waals surface area contributed by atoms with Crippen LogP contribution in [0.25, 0.3) is 0 Å². The molecule has 3 aromatic carbocycles. The Bertz CT molecular complexity index is 1130. The van der Waals surface area contributed by atoms with Crippen LogP contribution < -0.4 is 14.2 Å². The zero-order valence-corrected chi connectivity index (χ0v) is 19.0. The smallest absolute Gasteiger partial charge is 0.213 e. The van der Waals surface area contributed by atoms with E-state index < -0.39 is 0 Å². The molecule has 0 aliphatic carbocycles. The number of rotatable bonds is 5. The number of ether oxygens (including phenoxy) is 3. The average molecular weight is 479 g/mol. The lowest BCUT2D eigenvalue weighted by Crippen LogP contribution is -2.33. The Balaban J connectivity index is 1.53. The van der Waals surface area contributed by atoms with Gasteiger partial charge < -0.3 is 14.2 Å². The number of para-hydroxylation sites is 1. The summed E-state index contributed by atoms with van der Waals surface area (Å²) in [7, 11) is 1.66. The Morgan fingerprint density at radius 3 is 2.65 bits per heavy atom. The number of hydrogen-bond acceptors (Lipinski definition) is 5. The minimum absolute atomic E-state index is 0.123. The molecule has 0 saturated carbocycles. The lowest BCUT2D eigenvalue weighted by molar-refractivity contribution is -0.0190. The van der Waals surface area contributed by atoms with Crippen LogP contribution in [0, 0.1) is 0 Å². The number of hydrogen-bond donors (Lipinski definition) is 0. The highest BCUT2D eigenvalue weighted by molar-refractivity contribution is 9.10. The first-order valence-corrected chi connectivity index (χ1v) is 11.1. The summed E-state index contributed by atoms with van der Waals surface area (Å²) < 4.78 is 18.3. The summed E-state index contributed by atoms with van der Waals surface area (Å²) in [5, 5.41) is 7.11. The fourth-order valence-corrected chi connectivity index (χ4v) is 4.73. The van der Waals surface area contributed by atoms with E-state index in [-0.39, 0.29) is 12.3 Å². The SMILES string of the molecule is CCOc1ccc(C2=NN3[C@@H](c4ccc(OC)c(Br)c4)Oc4ccccc4[C@@H]3C2)cc1. The molecule has 0 unspecified atom stereocenters. The van der Waals surface area contributed by atoms with E-state index >= 15 is 0 Å². The van der Waals surface area contributed by atoms with Crippen molar-refractivity contribution in [3.63, 3.8) is 0 Å². The molecule has 0 radical (unpaired) electrons. The molecule has 0 spiro atoms. The van der Waals surface area contributed by atoms with Crippen LogP contribution in [0.5, 0.6) is 17.2 Å². The largest absolute Gasteiger partial charge is 0.496 e. The van der Waals surface area contributed by atoms with Gasteiger partial charge in [0.2, 0.25) is 6.23 Å². The average Bonchev–Trinajstić information content (AvgIpc) is 3.25. The van der Waals surface area contributed by atoms with E-state index in [0.29, 0.717) is 6.61 Å². The second kappa shape index (κ2) is 8.27. The summed E-state index contributed by atoms with van der Waals surface area (Å²) in [4.78, 5) is 0. The van der Waals surface area contributed by atoms with E-state index in [2.05, 4.69) is 45.2 Å². The van der Waals surface area contributed by atoms with Crippen molar-refractivity contribution >= 4 is 21.6 Å². The number of benzene rings is 3. The van der Waals surface area contributed by atoms with Gasteiger partial charge in [0.15, 0.2) is 0 Å². The van der Waals surface area contributed by atoms with Gasteiger partial charge in [-0.05, 0) is 76.9 Å². The summed E-state index contributed by atoms with van der Waals surface area (Å²) in [5.41, 5.74) is 4.33. The summed E-state index contributed by atoms with van der Waals surface area (Å²) in [5.74, 6) is 2.57. The first-order chi connectivity index (χ1) is 15.2. The molecule has 0 fully saturated rings. The predicted molar refractivity (Wildman–Crippen MR) is 124 cm³/mol. The van der Waals surface area contributed by atoms with Gasteiger partial charge in [-0.15, -0.1) is 0 Å². The molecule has 5 rings (SSSR count). The Morgan fingerprint density at radius 1 is 1.10 bits per heavy atom. The molecule has 0 amide bonds. The molecule has 0 saturated heterocycles. The van der Waals surface area contributed by atoms with E-state index in [0.717, 1.165) is 50.5 Å². The number of methoxy groups -OCH3 is 1. The maximum atomic E-state index is 6.43. The molecule has 0 bridgehead atoms. The normalized spacial score (nSPS) is 19.2. The summed E-state index contributed by atoms with van der Waals surface area (Å²) >= 11 is 3.60. The van der Waals surface area contributed by atoms with Crippen molar-refractivity contribution in [2.75, 3.05) is 13.7 Å². The van der Waals surface area contributed by atoms with Crippen molar-refractivity contribution in [3.05, 3.63) is 87.9 Å². The molecular weight excluding hydrogens is 456 g/mol. The van der Waals surface area contributed by atoms with Crippen LogP contribution in [0.4, 0.5) is 0 Å². The predicted octanol–water partition coefficient (Wildman–Crippen LogP) is 6.10. The molecule has 3 aromatic rings. The highest BCUT2D eigenvalue weighted by Gasteiger charge is 2.41. The van der Waals surface area contributed by atoms with Crippen LogP contribution in [0.1, 0.15) is 42.3 Å². The van der Waals surface area contributed by atoms with E-state index in [1.807, 2.05) is 49.4 Å². The Morgan fingerprint density at radius 2 is 1.90 bits per heavy atom. The molecule has 6 heteroatoms. The molecule has 2 aliphatic rings. The lowest BCUT2D eigenvalue weighted by Gasteiger charge is -2.38. The highest BCUT2D eigenvalue weighted by atomic mass is 79.9. The first-order valence-electron chi connectivity index (χ1n) is 10.4. The molecule has 0 aromatic heterocycles. The van der Waals surface area contributed by atoms with Crippen molar-refractivity contribution in [1.29, 1.82) is 0 Å². The van der Waals surface area contributed by atoms with Crippen molar-refractivity contribution < 1.29 is 14.2 Å². The van der Waals surface area contributed by atoms with E-state index in [1.165, 1.54) is 0 Å². The van der Waals surface area contributed by atoms with E-state index in [9.17, 15) is 0 Å². The van der Waals surface area contributed by atoms with Gasteiger partial charge in [-0.3, -0.25) is 0 Å². The van der Waals surface area contributed by atoms with Gasteiger partial charge in [0.05, 0.1) is 29.9 Å². The highest BCUT2D eigenvalue weighted by Crippen LogP contribution is 2.48. The summed E-state index contributed by atoms with van der Waals surface area (Å²) in [6.45, 7) is 2.64. The Kier molecular flexibility index (Phi) is 5.32. The number of hydrazone groups is 1. The van der Waals surface area contributed by atoms with Crippen molar-refractivity contribution in [3.8, 4) is 17.2 Å². The first kappa shape index (κ1) is 19.9. The molecule has 2 heterocycles. The minimum Gasteiger partial charge on any atom is -0.496 e. The van der Waals surface area contributed by atoms with Crippen molar-refractivity contribution in [2.45, 2.75) is 25.6 Å². The molecule has 2 atom stereocenters. The number of nitrogens with zero attached hydrogens (tertiary/aromatic N) is 2. The third kappa shape index (κ3) is 3.65. The minimum atomic E-state index is -0.317. The van der Waals surface area contributed by atoms with Crippen LogP contribution in [0.15, 0.2) is 76.3 Å². The Labute approximate surface area is 190 Å². The van der Waals surface area contributed by atoms with Gasteiger partial charge in [0.25, 0.3) is 0 Å². The topological polar surface area (TPSA) is 43.3 Å². The molecule has 5 nitrogen and oxygen atoms in total. The quantitative estimate of drug-likeness (QED) is 0.444. The van der Waals surface area contributed by atoms with Gasteiger partial charge >= 0.3 is 0 Å². The molecule has 0 N–H and O–H groups in total. The second-order valence-electron chi connectivity index (χ2n) is 7.51.